The molecule has 0 aromatic heterocycles. The van der Waals surface area contributed by atoms with Gasteiger partial charge in [0.2, 0.25) is 0 Å². The Morgan fingerprint density at radius 2 is 1.27 bits per heavy atom. The van der Waals surface area contributed by atoms with Crippen molar-refractivity contribution in [3.63, 3.8) is 0 Å². The molecule has 3 rings (SSSR count). The first-order valence-corrected chi connectivity index (χ1v) is 9.49. The van der Waals surface area contributed by atoms with Crippen LogP contribution in [0.15, 0.2) is 66.7 Å². The Kier molecular flexibility index (Phi) is 9.31. The minimum atomic E-state index is -5.08. The van der Waals surface area contributed by atoms with E-state index in [-0.39, 0.29) is 18.2 Å². The Morgan fingerprint density at radius 1 is 0.788 bits per heavy atom. The van der Waals surface area contributed by atoms with Gasteiger partial charge in [-0.15, -0.1) is 0 Å². The Bertz CT molecular complexity index is 1040. The van der Waals surface area contributed by atoms with E-state index >= 15 is 0 Å². The van der Waals surface area contributed by atoms with Gasteiger partial charge in [0.1, 0.15) is 23.1 Å². The van der Waals surface area contributed by atoms with Crippen LogP contribution in [0, 0.1) is 11.6 Å². The molecule has 0 fully saturated rings. The number of halogens is 5. The summed E-state index contributed by atoms with van der Waals surface area (Å²) in [4.78, 5) is 8.90. The number of carbonyl (C=O) groups is 1. The molecule has 0 radical (unpaired) electrons. The Hall–Kier alpha value is -3.50. The molecule has 10 heteroatoms. The van der Waals surface area contributed by atoms with Crippen LogP contribution in [0.3, 0.4) is 0 Å². The maximum atomic E-state index is 13.0. The van der Waals surface area contributed by atoms with Crippen molar-refractivity contribution >= 4 is 5.97 Å². The van der Waals surface area contributed by atoms with Gasteiger partial charge in [0, 0.05) is 13.1 Å². The summed E-state index contributed by atoms with van der Waals surface area (Å²) in [7, 11) is 0. The molecule has 3 N–H and O–H groups in total. The number of hydrogen-bond donors (Lipinski definition) is 3. The smallest absolute Gasteiger partial charge is 0.475 e. The number of nitrogens with one attached hydrogen (secondary N) is 1. The Balaban J connectivity index is 0.000000479. The fourth-order valence-electron chi connectivity index (χ4n) is 2.57. The van der Waals surface area contributed by atoms with Gasteiger partial charge >= 0.3 is 12.1 Å². The fraction of sp³-hybridized carbons (Fsp3) is 0.174. The number of carboxylic acid groups (broad SMARTS) is 1. The molecule has 0 aliphatic carbocycles. The average molecular weight is 469 g/mol. The second kappa shape index (κ2) is 11.9. The SMILES string of the molecule is O=C(O)C(F)(F)F.OCc1cc(CNCc2ccc(F)cc2)cc(Oc2ccc(F)cc2)c1. The summed E-state index contributed by atoms with van der Waals surface area (Å²) in [6.07, 6.45) is -5.08. The summed E-state index contributed by atoms with van der Waals surface area (Å²) in [6.45, 7) is 1.05. The van der Waals surface area contributed by atoms with Crippen LogP contribution < -0.4 is 10.1 Å². The van der Waals surface area contributed by atoms with E-state index in [1.165, 1.54) is 24.3 Å². The predicted octanol–water partition coefficient (Wildman–Crippen LogP) is 5.17. The molecule has 0 bridgehead atoms. The van der Waals surface area contributed by atoms with Crippen LogP contribution in [-0.2, 0) is 24.5 Å². The first-order chi connectivity index (χ1) is 15.6. The number of aliphatic hydroxyl groups is 1. The molecular weight excluding hydrogens is 449 g/mol. The third kappa shape index (κ3) is 9.26. The van der Waals surface area contributed by atoms with Crippen molar-refractivity contribution in [2.45, 2.75) is 25.9 Å². The molecule has 0 aliphatic rings. The molecule has 3 aromatic carbocycles. The van der Waals surface area contributed by atoms with Crippen molar-refractivity contribution in [3.8, 4) is 11.5 Å². The van der Waals surface area contributed by atoms with Gasteiger partial charge in [-0.2, -0.15) is 13.2 Å². The lowest BCUT2D eigenvalue weighted by molar-refractivity contribution is -0.192. The van der Waals surface area contributed by atoms with Crippen LogP contribution in [0.4, 0.5) is 22.0 Å². The van der Waals surface area contributed by atoms with Crippen molar-refractivity contribution in [1.29, 1.82) is 0 Å². The monoisotopic (exact) mass is 469 g/mol. The molecule has 0 heterocycles. The summed E-state index contributed by atoms with van der Waals surface area (Å²) in [5, 5.41) is 19.9. The molecule has 0 saturated carbocycles. The zero-order chi connectivity index (χ0) is 24.4. The van der Waals surface area contributed by atoms with Crippen LogP contribution >= 0.6 is 0 Å². The summed E-state index contributed by atoms with van der Waals surface area (Å²) < 4.78 is 63.4. The van der Waals surface area contributed by atoms with Gasteiger partial charge in [-0.25, -0.2) is 13.6 Å². The summed E-state index contributed by atoms with van der Waals surface area (Å²) in [6, 6.07) is 17.6. The number of rotatable bonds is 7. The highest BCUT2D eigenvalue weighted by molar-refractivity contribution is 5.73. The molecule has 0 aliphatic heterocycles. The minimum absolute atomic E-state index is 0.106. The fourth-order valence-corrected chi connectivity index (χ4v) is 2.57. The number of aliphatic hydroxyl groups excluding tert-OH is 1. The number of carboxylic acids is 1. The molecule has 0 spiro atoms. The third-order valence-corrected chi connectivity index (χ3v) is 4.07. The minimum Gasteiger partial charge on any atom is -0.475 e. The van der Waals surface area contributed by atoms with Gasteiger partial charge in [0.05, 0.1) is 6.61 Å². The van der Waals surface area contributed by atoms with E-state index in [0.717, 1.165) is 16.7 Å². The van der Waals surface area contributed by atoms with Crippen LogP contribution in [-0.4, -0.2) is 22.4 Å². The number of benzene rings is 3. The zero-order valence-electron chi connectivity index (χ0n) is 17.1. The van der Waals surface area contributed by atoms with Gasteiger partial charge in [0.25, 0.3) is 0 Å². The van der Waals surface area contributed by atoms with Gasteiger partial charge < -0.3 is 20.3 Å². The van der Waals surface area contributed by atoms with Crippen LogP contribution in [0.2, 0.25) is 0 Å². The average Bonchev–Trinajstić information content (AvgIpc) is 2.76. The van der Waals surface area contributed by atoms with Gasteiger partial charge in [-0.3, -0.25) is 0 Å². The quantitative estimate of drug-likeness (QED) is 0.416. The lowest BCUT2D eigenvalue weighted by atomic mass is 10.1. The molecule has 3 aromatic rings. The van der Waals surface area contributed by atoms with Gasteiger partial charge in [-0.05, 0) is 65.2 Å². The van der Waals surface area contributed by atoms with Gasteiger partial charge in [0.15, 0.2) is 0 Å². The van der Waals surface area contributed by atoms with Crippen molar-refractivity contribution in [2.24, 2.45) is 0 Å². The molecule has 0 unspecified atom stereocenters. The predicted molar refractivity (Wildman–Crippen MR) is 109 cm³/mol. The van der Waals surface area contributed by atoms with E-state index in [0.29, 0.717) is 24.6 Å². The molecule has 0 atom stereocenters. The topological polar surface area (TPSA) is 78.8 Å². The Labute approximate surface area is 186 Å². The number of ether oxygens (including phenoxy) is 1. The number of aliphatic carboxylic acids is 1. The highest BCUT2D eigenvalue weighted by Gasteiger charge is 2.38. The largest absolute Gasteiger partial charge is 0.490 e. The molecule has 0 saturated heterocycles. The van der Waals surface area contributed by atoms with E-state index in [2.05, 4.69) is 5.32 Å². The lowest BCUT2D eigenvalue weighted by Crippen LogP contribution is -2.21. The molecule has 5 nitrogen and oxygen atoms in total. The van der Waals surface area contributed by atoms with E-state index in [1.807, 2.05) is 12.1 Å². The highest BCUT2D eigenvalue weighted by atomic mass is 19.4. The maximum absolute atomic E-state index is 13.0. The van der Waals surface area contributed by atoms with Gasteiger partial charge in [-0.1, -0.05) is 18.2 Å². The van der Waals surface area contributed by atoms with Crippen LogP contribution in [0.25, 0.3) is 0 Å². The van der Waals surface area contributed by atoms with Crippen LogP contribution in [0.1, 0.15) is 16.7 Å². The first kappa shape index (κ1) is 25.8. The summed E-state index contributed by atoms with van der Waals surface area (Å²) >= 11 is 0. The Morgan fingerprint density at radius 3 is 1.79 bits per heavy atom. The second-order valence-corrected chi connectivity index (χ2v) is 6.73. The standard InChI is InChI=1S/C21H19F2NO2.C2HF3O2/c22-18-3-1-15(2-4-18)12-24-13-16-9-17(14-25)11-21(10-16)26-20-7-5-19(23)6-8-20;3-2(4,5)1(6)7/h1-11,24-25H,12-14H2;(H,6,7). The van der Waals surface area contributed by atoms with Crippen molar-refractivity contribution in [1.82, 2.24) is 5.32 Å². The summed E-state index contributed by atoms with van der Waals surface area (Å²) in [5.41, 5.74) is 2.64. The highest BCUT2D eigenvalue weighted by Crippen LogP contribution is 2.24. The molecule has 176 valence electrons. The van der Waals surface area contributed by atoms with Crippen LogP contribution in [0.5, 0.6) is 11.5 Å². The number of hydrogen-bond acceptors (Lipinski definition) is 4. The zero-order valence-corrected chi connectivity index (χ0v) is 17.1. The van der Waals surface area contributed by atoms with Crippen molar-refractivity contribution in [3.05, 3.63) is 95.1 Å². The summed E-state index contributed by atoms with van der Waals surface area (Å²) in [5.74, 6) is -2.25. The van der Waals surface area contributed by atoms with Crippen molar-refractivity contribution in [2.75, 3.05) is 0 Å². The molecule has 0 amide bonds. The third-order valence-electron chi connectivity index (χ3n) is 4.07. The molecule has 33 heavy (non-hydrogen) atoms. The van der Waals surface area contributed by atoms with Crippen molar-refractivity contribution < 1.29 is 41.7 Å². The lowest BCUT2D eigenvalue weighted by Gasteiger charge is -2.11. The van der Waals surface area contributed by atoms with E-state index < -0.39 is 12.1 Å². The second-order valence-electron chi connectivity index (χ2n) is 6.73. The van der Waals surface area contributed by atoms with E-state index in [1.54, 1.807) is 30.3 Å². The maximum Gasteiger partial charge on any atom is 0.490 e. The van der Waals surface area contributed by atoms with E-state index in [9.17, 15) is 27.1 Å². The first-order valence-electron chi connectivity index (χ1n) is 9.49. The molecular formula is C23H20F5NO4. The normalized spacial score (nSPS) is 10.8. The number of alkyl halides is 3. The van der Waals surface area contributed by atoms with E-state index in [4.69, 9.17) is 14.6 Å².